The van der Waals surface area contributed by atoms with E-state index in [0.717, 1.165) is 46.2 Å². The number of aromatic nitrogens is 4. The maximum absolute atomic E-state index is 12.1. The van der Waals surface area contributed by atoms with Crippen molar-refractivity contribution in [2.24, 2.45) is 0 Å². The van der Waals surface area contributed by atoms with E-state index in [1.54, 1.807) is 11.8 Å². The number of para-hydroxylation sites is 2. The Bertz CT molecular complexity index is 1090. The van der Waals surface area contributed by atoms with E-state index in [4.69, 9.17) is 4.98 Å². The molecule has 0 saturated heterocycles. The van der Waals surface area contributed by atoms with Crippen LogP contribution >= 0.6 is 11.8 Å². The van der Waals surface area contributed by atoms with E-state index < -0.39 is 0 Å². The lowest BCUT2D eigenvalue weighted by Gasteiger charge is -2.02. The van der Waals surface area contributed by atoms with Crippen LogP contribution in [-0.2, 0) is 13.0 Å². The van der Waals surface area contributed by atoms with Crippen molar-refractivity contribution in [1.82, 2.24) is 19.5 Å². The van der Waals surface area contributed by atoms with Gasteiger partial charge in [0.2, 0.25) is 0 Å². The Morgan fingerprint density at radius 2 is 1.81 bits per heavy atom. The van der Waals surface area contributed by atoms with Crippen LogP contribution in [0.3, 0.4) is 0 Å². The Morgan fingerprint density at radius 1 is 1.04 bits per heavy atom. The molecule has 2 N–H and O–H groups in total. The monoisotopic (exact) mass is 378 g/mol. The van der Waals surface area contributed by atoms with Gasteiger partial charge in [0.15, 0.2) is 5.16 Å². The van der Waals surface area contributed by atoms with Crippen molar-refractivity contribution in [2.75, 3.05) is 5.75 Å². The van der Waals surface area contributed by atoms with Crippen LogP contribution in [0.1, 0.15) is 23.4 Å². The molecule has 0 aliphatic heterocycles. The maximum atomic E-state index is 12.1. The summed E-state index contributed by atoms with van der Waals surface area (Å²) in [4.78, 5) is 23.1. The largest absolute Gasteiger partial charge is 0.337 e. The minimum Gasteiger partial charge on any atom is -0.337 e. The van der Waals surface area contributed by atoms with Gasteiger partial charge < -0.3 is 9.97 Å². The van der Waals surface area contributed by atoms with Gasteiger partial charge in [-0.2, -0.15) is 0 Å². The van der Waals surface area contributed by atoms with Gasteiger partial charge in [-0.05, 0) is 31.0 Å². The Labute approximate surface area is 161 Å². The molecule has 5 nitrogen and oxygen atoms in total. The van der Waals surface area contributed by atoms with Crippen molar-refractivity contribution in [1.29, 1.82) is 0 Å². The normalized spacial score (nSPS) is 11.3. The predicted octanol–water partition coefficient (Wildman–Crippen LogP) is 4.13. The second-order valence-electron chi connectivity index (χ2n) is 6.58. The van der Waals surface area contributed by atoms with Crippen LogP contribution in [0.25, 0.3) is 11.0 Å². The number of nitrogens with one attached hydrogen (secondary N) is 2. The lowest BCUT2D eigenvalue weighted by Crippen LogP contribution is -2.17. The van der Waals surface area contributed by atoms with Crippen molar-refractivity contribution in [3.05, 3.63) is 82.0 Å². The molecule has 0 bridgehead atoms. The Morgan fingerprint density at radius 3 is 2.67 bits per heavy atom. The number of H-pyrrole nitrogens is 2. The summed E-state index contributed by atoms with van der Waals surface area (Å²) in [6.07, 6.45) is 1.74. The van der Waals surface area contributed by atoms with Crippen LogP contribution in [0.2, 0.25) is 0 Å². The van der Waals surface area contributed by atoms with Crippen LogP contribution < -0.4 is 5.69 Å². The van der Waals surface area contributed by atoms with Crippen molar-refractivity contribution >= 4 is 22.8 Å². The molecule has 0 aliphatic rings. The lowest BCUT2D eigenvalue weighted by molar-refractivity contribution is 0.679. The van der Waals surface area contributed by atoms with E-state index in [2.05, 4.69) is 41.2 Å². The van der Waals surface area contributed by atoms with Gasteiger partial charge in [0, 0.05) is 24.4 Å². The molecule has 4 aromatic rings. The molecule has 2 aromatic carbocycles. The number of rotatable bonds is 7. The molecule has 0 fully saturated rings. The minimum atomic E-state index is -0.0415. The molecule has 27 heavy (non-hydrogen) atoms. The quantitative estimate of drug-likeness (QED) is 0.375. The zero-order valence-electron chi connectivity index (χ0n) is 15.2. The Kier molecular flexibility index (Phi) is 5.16. The molecule has 4 rings (SSSR count). The fourth-order valence-corrected chi connectivity index (χ4v) is 4.08. The molecule has 0 atom stereocenters. The topological polar surface area (TPSA) is 66.5 Å². The fourth-order valence-electron chi connectivity index (χ4n) is 3.22. The Balaban J connectivity index is 1.35. The summed E-state index contributed by atoms with van der Waals surface area (Å²) >= 11 is 1.71. The summed E-state index contributed by atoms with van der Waals surface area (Å²) in [7, 11) is 0. The lowest BCUT2D eigenvalue weighted by atomic mass is 10.1. The summed E-state index contributed by atoms with van der Waals surface area (Å²) in [5, 5.41) is 0.949. The smallest absolute Gasteiger partial charge is 0.326 e. The number of benzene rings is 2. The number of imidazole rings is 2. The van der Waals surface area contributed by atoms with Crippen LogP contribution in [0.4, 0.5) is 0 Å². The average Bonchev–Trinajstić information content (AvgIpc) is 3.19. The van der Waals surface area contributed by atoms with Gasteiger partial charge in [-0.3, -0.25) is 4.57 Å². The van der Waals surface area contributed by atoms with Gasteiger partial charge in [-0.1, -0.05) is 54.2 Å². The van der Waals surface area contributed by atoms with Gasteiger partial charge in [0.25, 0.3) is 0 Å². The standard InChI is InChI=1S/C21H22N4OS/c1-15-18(14-16-8-3-2-4-9-16)23-20(22-15)27-13-7-12-25-19-11-6-5-10-17(19)24-21(25)26/h2-6,8-11H,7,12-14H2,1H3,(H,22,23)(H,24,26). The van der Waals surface area contributed by atoms with Gasteiger partial charge in [0.05, 0.1) is 16.7 Å². The second-order valence-corrected chi connectivity index (χ2v) is 7.66. The number of aromatic amines is 2. The average molecular weight is 379 g/mol. The molecular weight excluding hydrogens is 356 g/mol. The third-order valence-electron chi connectivity index (χ3n) is 4.62. The fraction of sp³-hybridized carbons (Fsp3) is 0.238. The van der Waals surface area contributed by atoms with E-state index in [0.29, 0.717) is 6.54 Å². The van der Waals surface area contributed by atoms with Crippen LogP contribution in [0, 0.1) is 6.92 Å². The SMILES string of the molecule is Cc1[nH]c(SCCCn2c(=O)[nH]c3ccccc32)nc1Cc1ccccc1. The predicted molar refractivity (Wildman–Crippen MR) is 110 cm³/mol. The molecule has 0 saturated carbocycles. The second kappa shape index (κ2) is 7.88. The third kappa shape index (κ3) is 4.01. The number of fused-ring (bicyclic) bond motifs is 1. The van der Waals surface area contributed by atoms with E-state index in [-0.39, 0.29) is 5.69 Å². The molecule has 6 heteroatoms. The number of thioether (sulfide) groups is 1. The molecular formula is C21H22N4OS. The zero-order chi connectivity index (χ0) is 18.6. The first-order chi connectivity index (χ1) is 13.2. The molecule has 2 heterocycles. The number of aryl methyl sites for hydroxylation is 2. The highest BCUT2D eigenvalue weighted by Crippen LogP contribution is 2.20. The minimum absolute atomic E-state index is 0.0415. The number of hydrogen-bond donors (Lipinski definition) is 2. The van der Waals surface area contributed by atoms with Crippen molar-refractivity contribution < 1.29 is 0 Å². The summed E-state index contributed by atoms with van der Waals surface area (Å²) in [6.45, 7) is 2.77. The molecule has 0 aliphatic carbocycles. The first-order valence-electron chi connectivity index (χ1n) is 9.10. The van der Waals surface area contributed by atoms with Crippen molar-refractivity contribution in [3.8, 4) is 0 Å². The van der Waals surface area contributed by atoms with Gasteiger partial charge >= 0.3 is 5.69 Å². The van der Waals surface area contributed by atoms with Crippen molar-refractivity contribution in [2.45, 2.75) is 31.5 Å². The first kappa shape index (κ1) is 17.7. The van der Waals surface area contributed by atoms with Crippen LogP contribution in [0.5, 0.6) is 0 Å². The highest BCUT2D eigenvalue weighted by Gasteiger charge is 2.09. The van der Waals surface area contributed by atoms with Crippen molar-refractivity contribution in [3.63, 3.8) is 0 Å². The molecule has 0 amide bonds. The van der Waals surface area contributed by atoms with E-state index >= 15 is 0 Å². The van der Waals surface area contributed by atoms with E-state index in [1.807, 2.05) is 34.9 Å². The van der Waals surface area contributed by atoms with E-state index in [9.17, 15) is 4.79 Å². The maximum Gasteiger partial charge on any atom is 0.326 e. The highest BCUT2D eigenvalue weighted by molar-refractivity contribution is 7.99. The van der Waals surface area contributed by atoms with Gasteiger partial charge in [0.1, 0.15) is 0 Å². The highest BCUT2D eigenvalue weighted by atomic mass is 32.2. The molecule has 2 aromatic heterocycles. The van der Waals surface area contributed by atoms with Gasteiger partial charge in [-0.25, -0.2) is 9.78 Å². The summed E-state index contributed by atoms with van der Waals surface area (Å²) in [5.74, 6) is 0.906. The molecule has 0 spiro atoms. The summed E-state index contributed by atoms with van der Waals surface area (Å²) < 4.78 is 1.81. The molecule has 0 radical (unpaired) electrons. The van der Waals surface area contributed by atoms with Gasteiger partial charge in [-0.15, -0.1) is 0 Å². The van der Waals surface area contributed by atoms with E-state index in [1.165, 1.54) is 5.56 Å². The van der Waals surface area contributed by atoms with Crippen LogP contribution in [0.15, 0.2) is 64.5 Å². The number of hydrogen-bond acceptors (Lipinski definition) is 3. The number of nitrogens with zero attached hydrogens (tertiary/aromatic N) is 2. The van der Waals surface area contributed by atoms with Crippen LogP contribution in [-0.4, -0.2) is 25.3 Å². The first-order valence-corrected chi connectivity index (χ1v) is 10.1. The third-order valence-corrected chi connectivity index (χ3v) is 5.58. The molecule has 0 unspecified atom stereocenters. The summed E-state index contributed by atoms with van der Waals surface area (Å²) in [6, 6.07) is 18.2. The molecule has 138 valence electrons. The zero-order valence-corrected chi connectivity index (χ0v) is 16.1. The summed E-state index contributed by atoms with van der Waals surface area (Å²) in [5.41, 5.74) is 5.29. The Hall–Kier alpha value is -2.73.